The van der Waals surface area contributed by atoms with Crippen molar-refractivity contribution in [2.45, 2.75) is 277 Å². The summed E-state index contributed by atoms with van der Waals surface area (Å²) in [6.07, 6.45) is 63.3. The van der Waals surface area contributed by atoms with Gasteiger partial charge in [-0.25, -0.2) is 0 Å². The first-order valence-electron chi connectivity index (χ1n) is 29.6. The van der Waals surface area contributed by atoms with Gasteiger partial charge in [-0.05, 0) is 76.7 Å². The van der Waals surface area contributed by atoms with Crippen molar-refractivity contribution in [3.63, 3.8) is 0 Å². The van der Waals surface area contributed by atoms with E-state index in [0.29, 0.717) is 17.4 Å². The predicted molar refractivity (Wildman–Crippen MR) is 302 cm³/mol. The molecule has 71 heavy (non-hydrogen) atoms. The molecule has 0 rings (SSSR count). The van der Waals surface area contributed by atoms with Crippen LogP contribution in [0.3, 0.4) is 0 Å². The van der Waals surface area contributed by atoms with Crippen LogP contribution in [0.25, 0.3) is 0 Å². The van der Waals surface area contributed by atoms with E-state index in [-0.39, 0.29) is 24.9 Å². The van der Waals surface area contributed by atoms with Gasteiger partial charge in [0.25, 0.3) is 7.82 Å². The van der Waals surface area contributed by atoms with Gasteiger partial charge in [0.05, 0.1) is 33.8 Å². The van der Waals surface area contributed by atoms with Crippen LogP contribution in [0.4, 0.5) is 0 Å². The standard InChI is InChI=1S/C61H113N2O7P/c1-7-10-13-16-19-22-25-26-27-28-29-30-31-32-33-34-35-36-39-42-45-48-51-54-61(65)70-59(52-49-46-43-40-37-23-20-17-14-11-8-2)58(57-69-71(66,67)68-56-55-63(4,5)6)62-60(64)53-50-47-44-41-38-24-21-18-15-12-9-3/h19,22,26-27,29-30,32-33,49,52,58-59H,7-18,20-21,23-25,28,31,34-48,50-51,53-57H2,1-6H3,(H-,62,64,66,67)/b22-19-,27-26-,30-29-,33-32-,52-49-. The van der Waals surface area contributed by atoms with Crippen LogP contribution in [0, 0.1) is 0 Å². The molecule has 0 heterocycles. The molecule has 0 bridgehead atoms. The molecule has 1 N–H and O–H groups in total. The van der Waals surface area contributed by atoms with Crippen LogP contribution in [-0.2, 0) is 27.9 Å². The molecule has 3 unspecified atom stereocenters. The number of allylic oxidation sites excluding steroid dienone is 9. The summed E-state index contributed by atoms with van der Waals surface area (Å²) in [5.41, 5.74) is 0. The second-order valence-corrected chi connectivity index (χ2v) is 22.6. The molecule has 1 amide bonds. The number of amides is 1. The number of nitrogens with zero attached hydrogens (tertiary/aromatic N) is 1. The van der Waals surface area contributed by atoms with Gasteiger partial charge >= 0.3 is 5.97 Å². The number of rotatable bonds is 53. The average Bonchev–Trinajstić information content (AvgIpc) is 3.33. The molecule has 414 valence electrons. The normalized spacial score (nSPS) is 14.2. The number of carbonyl (C=O) groups is 2. The molecular formula is C61H113N2O7P. The molecule has 0 aromatic heterocycles. The zero-order chi connectivity index (χ0) is 52.2. The molecule has 0 saturated carbocycles. The van der Waals surface area contributed by atoms with E-state index in [1.165, 1.54) is 141 Å². The summed E-state index contributed by atoms with van der Waals surface area (Å²) < 4.78 is 30.2. The highest BCUT2D eigenvalue weighted by atomic mass is 31.2. The third kappa shape index (κ3) is 52.4. The molecule has 0 fully saturated rings. The number of esters is 1. The topological polar surface area (TPSA) is 114 Å². The number of phosphoric ester groups is 1. The number of unbranched alkanes of at least 4 members (excludes halogenated alkanes) is 29. The summed E-state index contributed by atoms with van der Waals surface area (Å²) in [5, 5.41) is 3.01. The lowest BCUT2D eigenvalue weighted by Gasteiger charge is -2.30. The van der Waals surface area contributed by atoms with Crippen molar-refractivity contribution in [3.05, 3.63) is 60.8 Å². The number of nitrogens with one attached hydrogen (secondary N) is 1. The molecule has 0 aliphatic carbocycles. The summed E-state index contributed by atoms with van der Waals surface area (Å²) in [7, 11) is 1.18. The fraction of sp³-hybridized carbons (Fsp3) is 0.803. The molecule has 0 saturated heterocycles. The number of quaternary nitrogens is 1. The summed E-state index contributed by atoms with van der Waals surface area (Å²) in [4.78, 5) is 39.8. The molecule has 3 atom stereocenters. The summed E-state index contributed by atoms with van der Waals surface area (Å²) in [6.45, 7) is 6.79. The number of likely N-dealkylation sites (N-methyl/N-ethyl adjacent to an activating group) is 1. The Bertz CT molecular complexity index is 1400. The Hall–Kier alpha value is -2.29. The van der Waals surface area contributed by atoms with Crippen molar-refractivity contribution >= 4 is 19.7 Å². The Morgan fingerprint density at radius 3 is 1.31 bits per heavy atom. The molecule has 0 aromatic rings. The highest BCUT2D eigenvalue weighted by molar-refractivity contribution is 7.45. The summed E-state index contributed by atoms with van der Waals surface area (Å²) >= 11 is 0. The molecule has 0 aromatic carbocycles. The lowest BCUT2D eigenvalue weighted by molar-refractivity contribution is -0.870. The third-order valence-electron chi connectivity index (χ3n) is 13.0. The Labute approximate surface area is 439 Å². The van der Waals surface area contributed by atoms with Gasteiger partial charge in [0.2, 0.25) is 5.91 Å². The molecule has 0 spiro atoms. The van der Waals surface area contributed by atoms with Gasteiger partial charge in [-0.15, -0.1) is 0 Å². The Kier molecular flexibility index (Phi) is 49.6. The molecule has 0 radical (unpaired) electrons. The van der Waals surface area contributed by atoms with Gasteiger partial charge in [0.15, 0.2) is 0 Å². The van der Waals surface area contributed by atoms with Gasteiger partial charge in [-0.3, -0.25) is 14.2 Å². The minimum atomic E-state index is -4.69. The van der Waals surface area contributed by atoms with Crippen molar-refractivity contribution in [1.82, 2.24) is 5.32 Å². The van der Waals surface area contributed by atoms with Crippen LogP contribution in [-0.4, -0.2) is 69.4 Å². The maximum Gasteiger partial charge on any atom is 0.306 e. The maximum atomic E-state index is 13.4. The van der Waals surface area contributed by atoms with Gasteiger partial charge in [-0.2, -0.15) is 0 Å². The van der Waals surface area contributed by atoms with E-state index in [9.17, 15) is 19.0 Å². The van der Waals surface area contributed by atoms with E-state index < -0.39 is 26.6 Å². The van der Waals surface area contributed by atoms with Crippen molar-refractivity contribution in [2.75, 3.05) is 40.9 Å². The fourth-order valence-electron chi connectivity index (χ4n) is 8.33. The second kappa shape index (κ2) is 51.2. The number of phosphoric acid groups is 1. The minimum Gasteiger partial charge on any atom is -0.756 e. The van der Waals surface area contributed by atoms with Crippen molar-refractivity contribution < 1.29 is 37.3 Å². The largest absolute Gasteiger partial charge is 0.756 e. The maximum absolute atomic E-state index is 13.4. The second-order valence-electron chi connectivity index (χ2n) is 21.2. The van der Waals surface area contributed by atoms with E-state index in [2.05, 4.69) is 74.7 Å². The van der Waals surface area contributed by atoms with Crippen molar-refractivity contribution in [2.24, 2.45) is 0 Å². The van der Waals surface area contributed by atoms with Crippen LogP contribution in [0.1, 0.15) is 265 Å². The van der Waals surface area contributed by atoms with Gasteiger partial charge in [-0.1, -0.05) is 236 Å². The highest BCUT2D eigenvalue weighted by Gasteiger charge is 2.27. The number of carbonyl (C=O) groups excluding carboxylic acids is 2. The van der Waals surface area contributed by atoms with Crippen LogP contribution >= 0.6 is 7.82 Å². The molecule has 9 nitrogen and oxygen atoms in total. The van der Waals surface area contributed by atoms with Gasteiger partial charge in [0, 0.05) is 12.8 Å². The van der Waals surface area contributed by atoms with Crippen molar-refractivity contribution in [1.29, 1.82) is 0 Å². The molecule has 10 heteroatoms. The zero-order valence-corrected chi connectivity index (χ0v) is 48.1. The van der Waals surface area contributed by atoms with Crippen LogP contribution < -0.4 is 10.2 Å². The van der Waals surface area contributed by atoms with E-state index >= 15 is 0 Å². The van der Waals surface area contributed by atoms with Gasteiger partial charge in [0.1, 0.15) is 19.3 Å². The summed E-state index contributed by atoms with van der Waals surface area (Å²) in [6, 6.07) is -0.890. The molecular weight excluding hydrogens is 904 g/mol. The number of hydrogen-bond donors (Lipinski definition) is 1. The van der Waals surface area contributed by atoms with E-state index in [4.69, 9.17) is 13.8 Å². The lowest BCUT2D eigenvalue weighted by atomic mass is 10.0. The first-order valence-corrected chi connectivity index (χ1v) is 31.1. The minimum absolute atomic E-state index is 0.0245. The average molecular weight is 1020 g/mol. The third-order valence-corrected chi connectivity index (χ3v) is 13.9. The lowest BCUT2D eigenvalue weighted by Crippen LogP contribution is -2.47. The SMILES string of the molecule is CCCCC/C=C\C/C=C\C/C=C\C/C=C\CCCCCCCCCC(=O)OC(/C=C\CCCCCCCCCCC)C(COP(=O)([O-])OCC[N+](C)(C)C)NC(=O)CCCCCCCCCCCCC. The first-order chi connectivity index (χ1) is 34.4. The van der Waals surface area contributed by atoms with Gasteiger partial charge < -0.3 is 28.5 Å². The number of ether oxygens (including phenoxy) is 1. The Morgan fingerprint density at radius 2 is 0.859 bits per heavy atom. The van der Waals surface area contributed by atoms with E-state index in [0.717, 1.165) is 89.9 Å². The zero-order valence-electron chi connectivity index (χ0n) is 47.2. The van der Waals surface area contributed by atoms with E-state index in [1.54, 1.807) is 0 Å². The fourth-order valence-corrected chi connectivity index (χ4v) is 9.05. The van der Waals surface area contributed by atoms with Crippen LogP contribution in [0.2, 0.25) is 0 Å². The monoisotopic (exact) mass is 1020 g/mol. The number of hydrogen-bond acceptors (Lipinski definition) is 7. The smallest absolute Gasteiger partial charge is 0.306 e. The molecule has 0 aliphatic rings. The highest BCUT2D eigenvalue weighted by Crippen LogP contribution is 2.38. The summed E-state index contributed by atoms with van der Waals surface area (Å²) in [5.74, 6) is -0.551. The first kappa shape index (κ1) is 68.7. The van der Waals surface area contributed by atoms with Crippen molar-refractivity contribution in [3.8, 4) is 0 Å². The predicted octanol–water partition coefficient (Wildman–Crippen LogP) is 17.3. The Morgan fingerprint density at radius 1 is 0.493 bits per heavy atom. The van der Waals surface area contributed by atoms with Crippen LogP contribution in [0.5, 0.6) is 0 Å². The van der Waals surface area contributed by atoms with E-state index in [1.807, 2.05) is 33.3 Å². The Balaban J connectivity index is 5.18. The molecule has 0 aliphatic heterocycles. The van der Waals surface area contributed by atoms with Crippen LogP contribution in [0.15, 0.2) is 60.8 Å². The quantitative estimate of drug-likeness (QED) is 0.0212.